The lowest BCUT2D eigenvalue weighted by Crippen LogP contribution is -2.31. The number of aliphatic hydroxyl groups excluding tert-OH is 1. The van der Waals surface area contributed by atoms with Crippen molar-refractivity contribution in [2.75, 3.05) is 0 Å². The molecular formula is C13H10N2O2. The minimum absolute atomic E-state index is 0.264. The molecule has 4 nitrogen and oxygen atoms in total. The molecule has 1 aliphatic carbocycles. The number of ether oxygens (including phenoxy) is 1. The average molecular weight is 226 g/mol. The minimum Gasteiger partial charge on any atom is -0.506 e. The normalized spacial score (nSPS) is 23.9. The molecule has 1 saturated heterocycles. The van der Waals surface area contributed by atoms with Crippen LogP contribution in [0.4, 0.5) is 0 Å². The van der Waals surface area contributed by atoms with Crippen LogP contribution in [0, 0.1) is 0 Å². The van der Waals surface area contributed by atoms with Crippen LogP contribution in [0.2, 0.25) is 0 Å². The molecule has 0 saturated carbocycles. The maximum atomic E-state index is 9.83. The first-order valence-corrected chi connectivity index (χ1v) is 5.48. The molecule has 0 aromatic heterocycles. The molecule has 4 aliphatic rings. The number of hydrogen-bond donors (Lipinski definition) is 1. The second-order valence-corrected chi connectivity index (χ2v) is 4.22. The first kappa shape index (κ1) is 8.75. The number of hydrogen-bond acceptors (Lipinski definition) is 4. The molecule has 4 heteroatoms. The molecule has 1 N–H and O–H groups in total. The predicted molar refractivity (Wildman–Crippen MR) is 61.6 cm³/mol. The van der Waals surface area contributed by atoms with Crippen molar-refractivity contribution >= 4 is 0 Å². The van der Waals surface area contributed by atoms with Crippen LogP contribution in [0.3, 0.4) is 0 Å². The Morgan fingerprint density at radius 1 is 1.18 bits per heavy atom. The van der Waals surface area contributed by atoms with E-state index in [1.54, 1.807) is 12.2 Å². The third-order valence-electron chi connectivity index (χ3n) is 3.14. The van der Waals surface area contributed by atoms with Crippen LogP contribution in [0.15, 0.2) is 71.7 Å². The van der Waals surface area contributed by atoms with Gasteiger partial charge in [0.2, 0.25) is 5.88 Å². The van der Waals surface area contributed by atoms with E-state index in [1.807, 2.05) is 40.6 Å². The van der Waals surface area contributed by atoms with E-state index in [2.05, 4.69) is 0 Å². The summed E-state index contributed by atoms with van der Waals surface area (Å²) in [5, 5.41) is 9.83. The maximum Gasteiger partial charge on any atom is 0.220 e. The van der Waals surface area contributed by atoms with E-state index >= 15 is 0 Å². The summed E-state index contributed by atoms with van der Waals surface area (Å²) in [5.41, 5.74) is 1.93. The van der Waals surface area contributed by atoms with Gasteiger partial charge in [-0.05, 0) is 24.3 Å². The van der Waals surface area contributed by atoms with Crippen LogP contribution in [0.1, 0.15) is 6.42 Å². The Morgan fingerprint density at radius 2 is 2.12 bits per heavy atom. The fraction of sp³-hybridized carbons (Fsp3) is 0.0769. The molecule has 4 rings (SSSR count). The molecule has 0 aromatic rings. The van der Waals surface area contributed by atoms with Gasteiger partial charge in [-0.1, -0.05) is 0 Å². The standard InChI is InChI=1S/C13H10N2O2/c16-12-2-1-5-14-8-13-15(7-11(12)14)9-3-4-10(6-9)17-13/h1-5,7-8,16H,6H2. The SMILES string of the molecule is OC1=CC=CN2C=C3OC4=CC=C(C4)N3C=C12. The molecule has 3 heterocycles. The van der Waals surface area contributed by atoms with Gasteiger partial charge in [-0.25, -0.2) is 0 Å². The molecule has 84 valence electrons. The van der Waals surface area contributed by atoms with Gasteiger partial charge in [0.1, 0.15) is 17.2 Å². The highest BCUT2D eigenvalue weighted by Crippen LogP contribution is 2.39. The number of nitrogens with zero attached hydrogens (tertiary/aromatic N) is 2. The lowest BCUT2D eigenvalue weighted by molar-refractivity contribution is 0.170. The number of aliphatic hydroxyl groups is 1. The third kappa shape index (κ3) is 1.12. The van der Waals surface area contributed by atoms with Gasteiger partial charge in [0.05, 0.1) is 6.20 Å². The van der Waals surface area contributed by atoms with Crippen LogP contribution in [0.25, 0.3) is 0 Å². The summed E-state index contributed by atoms with van der Waals surface area (Å²) >= 11 is 0. The summed E-state index contributed by atoms with van der Waals surface area (Å²) in [5.74, 6) is 2.01. The van der Waals surface area contributed by atoms with E-state index < -0.39 is 0 Å². The van der Waals surface area contributed by atoms with Crippen molar-refractivity contribution in [2.24, 2.45) is 0 Å². The van der Waals surface area contributed by atoms with Crippen molar-refractivity contribution in [3.05, 3.63) is 71.7 Å². The third-order valence-corrected chi connectivity index (χ3v) is 3.14. The van der Waals surface area contributed by atoms with Crippen molar-refractivity contribution in [3.63, 3.8) is 0 Å². The maximum absolute atomic E-state index is 9.83. The van der Waals surface area contributed by atoms with E-state index in [9.17, 15) is 5.11 Å². The van der Waals surface area contributed by atoms with Gasteiger partial charge in [-0.15, -0.1) is 0 Å². The summed E-state index contributed by atoms with van der Waals surface area (Å²) in [6.45, 7) is 0. The predicted octanol–water partition coefficient (Wildman–Crippen LogP) is 2.42. The van der Waals surface area contributed by atoms with E-state index in [-0.39, 0.29) is 5.76 Å². The highest BCUT2D eigenvalue weighted by Gasteiger charge is 2.31. The molecule has 0 spiro atoms. The lowest BCUT2D eigenvalue weighted by atomic mass is 10.2. The summed E-state index contributed by atoms with van der Waals surface area (Å²) < 4.78 is 5.74. The van der Waals surface area contributed by atoms with E-state index in [4.69, 9.17) is 4.74 Å². The molecule has 17 heavy (non-hydrogen) atoms. The van der Waals surface area contributed by atoms with Crippen molar-refractivity contribution in [1.82, 2.24) is 9.80 Å². The first-order chi connectivity index (χ1) is 8.31. The van der Waals surface area contributed by atoms with Gasteiger partial charge < -0.3 is 14.7 Å². The van der Waals surface area contributed by atoms with E-state index in [1.165, 1.54) is 5.70 Å². The summed E-state index contributed by atoms with van der Waals surface area (Å²) in [6, 6.07) is 0. The largest absolute Gasteiger partial charge is 0.506 e. The van der Waals surface area contributed by atoms with Gasteiger partial charge >= 0.3 is 0 Å². The molecule has 0 amide bonds. The van der Waals surface area contributed by atoms with Gasteiger partial charge in [-0.3, -0.25) is 4.90 Å². The monoisotopic (exact) mass is 226 g/mol. The molecule has 1 fully saturated rings. The summed E-state index contributed by atoms with van der Waals surface area (Å²) in [6.07, 6.45) is 14.0. The van der Waals surface area contributed by atoms with Crippen LogP contribution in [0.5, 0.6) is 0 Å². The zero-order valence-electron chi connectivity index (χ0n) is 9.00. The fourth-order valence-electron chi connectivity index (χ4n) is 2.29. The van der Waals surface area contributed by atoms with Crippen molar-refractivity contribution in [3.8, 4) is 0 Å². The Balaban J connectivity index is 1.82. The highest BCUT2D eigenvalue weighted by atomic mass is 16.5. The van der Waals surface area contributed by atoms with Gasteiger partial charge in [0.15, 0.2) is 0 Å². The Bertz CT molecular complexity index is 591. The molecule has 0 atom stereocenters. The Hall–Kier alpha value is -2.36. The molecule has 3 aliphatic heterocycles. The summed E-state index contributed by atoms with van der Waals surface area (Å²) in [7, 11) is 0. The molecule has 0 unspecified atom stereocenters. The number of rotatable bonds is 0. The summed E-state index contributed by atoms with van der Waals surface area (Å²) in [4.78, 5) is 3.83. The van der Waals surface area contributed by atoms with Crippen molar-refractivity contribution in [1.29, 1.82) is 0 Å². The van der Waals surface area contributed by atoms with Crippen LogP contribution >= 0.6 is 0 Å². The Kier molecular flexibility index (Phi) is 1.47. The van der Waals surface area contributed by atoms with E-state index in [0.29, 0.717) is 0 Å². The molecule has 0 radical (unpaired) electrons. The lowest BCUT2D eigenvalue weighted by Gasteiger charge is -2.36. The van der Waals surface area contributed by atoms with Gasteiger partial charge in [0, 0.05) is 24.5 Å². The highest BCUT2D eigenvalue weighted by molar-refractivity contribution is 5.42. The zero-order valence-corrected chi connectivity index (χ0v) is 9.00. The quantitative estimate of drug-likeness (QED) is 0.688. The minimum atomic E-state index is 0.264. The van der Waals surface area contributed by atoms with Crippen LogP contribution in [-0.4, -0.2) is 14.9 Å². The number of allylic oxidation sites excluding steroid dienone is 4. The van der Waals surface area contributed by atoms with Gasteiger partial charge in [-0.2, -0.15) is 0 Å². The molecule has 2 bridgehead atoms. The van der Waals surface area contributed by atoms with Gasteiger partial charge in [0.25, 0.3) is 0 Å². The molecule has 0 aromatic carbocycles. The smallest absolute Gasteiger partial charge is 0.220 e. The topological polar surface area (TPSA) is 35.9 Å². The molecular weight excluding hydrogens is 216 g/mol. The van der Waals surface area contributed by atoms with E-state index in [0.717, 1.165) is 23.8 Å². The average Bonchev–Trinajstić information content (AvgIpc) is 2.71. The zero-order chi connectivity index (χ0) is 11.4. The first-order valence-electron chi connectivity index (χ1n) is 5.48. The second-order valence-electron chi connectivity index (χ2n) is 4.22. The van der Waals surface area contributed by atoms with Crippen LogP contribution in [-0.2, 0) is 4.74 Å². The van der Waals surface area contributed by atoms with Crippen LogP contribution < -0.4 is 0 Å². The van der Waals surface area contributed by atoms with Crippen molar-refractivity contribution < 1.29 is 9.84 Å². The second kappa shape index (κ2) is 2.85. The Labute approximate surface area is 98.4 Å². The van der Waals surface area contributed by atoms with Crippen molar-refractivity contribution in [2.45, 2.75) is 6.42 Å². The Morgan fingerprint density at radius 3 is 3.06 bits per heavy atom. The fourth-order valence-corrected chi connectivity index (χ4v) is 2.29. The number of fused-ring (bicyclic) bond motifs is 5.